The Bertz CT molecular complexity index is 379. The summed E-state index contributed by atoms with van der Waals surface area (Å²) >= 11 is 0. The molecule has 1 aliphatic heterocycles. The van der Waals surface area contributed by atoms with Crippen molar-refractivity contribution in [2.45, 2.75) is 52.0 Å². The topological polar surface area (TPSA) is 24.1 Å². The van der Waals surface area contributed by atoms with E-state index < -0.39 is 0 Å². The number of nitrogens with one attached hydrogen (secondary N) is 2. The lowest BCUT2D eigenvalue weighted by Gasteiger charge is -2.26. The molecule has 0 bridgehead atoms. The summed E-state index contributed by atoms with van der Waals surface area (Å²) in [4.78, 5) is 0. The molecule has 0 saturated carbocycles. The highest BCUT2D eigenvalue weighted by Crippen LogP contribution is 2.30. The summed E-state index contributed by atoms with van der Waals surface area (Å²) in [5.41, 5.74) is 4.37. The van der Waals surface area contributed by atoms with Gasteiger partial charge in [0.1, 0.15) is 0 Å². The Morgan fingerprint density at radius 1 is 1.28 bits per heavy atom. The van der Waals surface area contributed by atoms with Gasteiger partial charge in [0.05, 0.1) is 0 Å². The molecule has 0 aliphatic carbocycles. The van der Waals surface area contributed by atoms with Gasteiger partial charge in [0, 0.05) is 11.7 Å². The second-order valence-corrected chi connectivity index (χ2v) is 5.59. The van der Waals surface area contributed by atoms with Crippen molar-refractivity contribution in [3.63, 3.8) is 0 Å². The van der Waals surface area contributed by atoms with Crippen LogP contribution < -0.4 is 10.6 Å². The molecule has 1 aliphatic rings. The van der Waals surface area contributed by atoms with Crippen LogP contribution in [0.15, 0.2) is 18.2 Å². The fraction of sp³-hybridized carbons (Fsp3) is 0.625. The summed E-state index contributed by atoms with van der Waals surface area (Å²) < 4.78 is 0. The summed E-state index contributed by atoms with van der Waals surface area (Å²) in [5, 5.41) is 6.97. The minimum absolute atomic E-state index is 0.498. The van der Waals surface area contributed by atoms with E-state index in [2.05, 4.69) is 49.6 Å². The zero-order valence-corrected chi connectivity index (χ0v) is 11.9. The Kier molecular flexibility index (Phi) is 4.65. The highest BCUT2D eigenvalue weighted by Gasteiger charge is 2.18. The summed E-state index contributed by atoms with van der Waals surface area (Å²) in [6.45, 7) is 8.97. The number of hydrogen-bond donors (Lipinski definition) is 2. The molecule has 0 unspecified atom stereocenters. The molecular weight excluding hydrogens is 220 g/mol. The van der Waals surface area contributed by atoms with Gasteiger partial charge in [-0.2, -0.15) is 0 Å². The Balaban J connectivity index is 2.23. The van der Waals surface area contributed by atoms with Crippen LogP contribution in [0.5, 0.6) is 0 Å². The molecule has 18 heavy (non-hydrogen) atoms. The first kappa shape index (κ1) is 13.4. The quantitative estimate of drug-likeness (QED) is 0.849. The van der Waals surface area contributed by atoms with E-state index in [-0.39, 0.29) is 0 Å². The minimum atomic E-state index is 0.498. The molecule has 1 aromatic rings. The number of aryl methyl sites for hydroxylation is 1. The maximum Gasteiger partial charge on any atom is 0.0345 e. The average Bonchev–Trinajstić information content (AvgIpc) is 2.39. The van der Waals surface area contributed by atoms with Crippen molar-refractivity contribution in [1.82, 2.24) is 5.32 Å². The molecule has 1 fully saturated rings. The van der Waals surface area contributed by atoms with E-state index in [1.165, 1.54) is 24.1 Å². The lowest BCUT2D eigenvalue weighted by molar-refractivity contribution is 0.458. The molecule has 1 aromatic carbocycles. The minimum Gasteiger partial charge on any atom is -0.383 e. The average molecular weight is 246 g/mol. The summed E-state index contributed by atoms with van der Waals surface area (Å²) in [5.74, 6) is 0.745. The van der Waals surface area contributed by atoms with Crippen molar-refractivity contribution in [3.8, 4) is 0 Å². The Morgan fingerprint density at radius 2 is 2.00 bits per heavy atom. The normalized spacial score (nSPS) is 17.1. The summed E-state index contributed by atoms with van der Waals surface area (Å²) in [6.07, 6.45) is 3.69. The van der Waals surface area contributed by atoms with Gasteiger partial charge in [-0.05, 0) is 75.4 Å². The van der Waals surface area contributed by atoms with E-state index in [0.29, 0.717) is 6.04 Å². The van der Waals surface area contributed by atoms with Crippen LogP contribution in [-0.2, 0) is 6.42 Å². The fourth-order valence-corrected chi connectivity index (χ4v) is 2.85. The molecule has 2 heteroatoms. The van der Waals surface area contributed by atoms with E-state index in [1.807, 2.05) is 0 Å². The maximum atomic E-state index is 3.52. The van der Waals surface area contributed by atoms with E-state index >= 15 is 0 Å². The summed E-state index contributed by atoms with van der Waals surface area (Å²) in [6, 6.07) is 7.42. The van der Waals surface area contributed by atoms with Crippen LogP contribution in [0.1, 0.15) is 50.7 Å². The van der Waals surface area contributed by atoms with Gasteiger partial charge in [0.25, 0.3) is 0 Å². The standard InChI is InChI=1S/C16H26N2/c1-4-13-5-6-15(18-12(2)3)11-16(13)14-7-9-17-10-8-14/h5-6,11-12,14,17-18H,4,7-10H2,1-3H3. The Hall–Kier alpha value is -1.02. The molecule has 0 radical (unpaired) electrons. The van der Waals surface area contributed by atoms with Crippen molar-refractivity contribution in [2.75, 3.05) is 18.4 Å². The van der Waals surface area contributed by atoms with Crippen LogP contribution in [-0.4, -0.2) is 19.1 Å². The first-order valence-electron chi connectivity index (χ1n) is 7.30. The van der Waals surface area contributed by atoms with Gasteiger partial charge in [-0.3, -0.25) is 0 Å². The number of anilines is 1. The zero-order valence-electron chi connectivity index (χ0n) is 11.9. The van der Waals surface area contributed by atoms with Gasteiger partial charge in [-0.15, -0.1) is 0 Å². The Labute approximate surface area is 111 Å². The molecule has 0 atom stereocenters. The molecule has 0 aromatic heterocycles. The van der Waals surface area contributed by atoms with Crippen LogP contribution >= 0.6 is 0 Å². The van der Waals surface area contributed by atoms with E-state index in [1.54, 1.807) is 5.56 Å². The largest absolute Gasteiger partial charge is 0.383 e. The Morgan fingerprint density at radius 3 is 2.61 bits per heavy atom. The van der Waals surface area contributed by atoms with Gasteiger partial charge >= 0.3 is 0 Å². The molecule has 2 rings (SSSR count). The highest BCUT2D eigenvalue weighted by atomic mass is 14.9. The van der Waals surface area contributed by atoms with E-state index in [4.69, 9.17) is 0 Å². The number of piperidine rings is 1. The fourth-order valence-electron chi connectivity index (χ4n) is 2.85. The maximum absolute atomic E-state index is 3.52. The molecule has 0 spiro atoms. The molecule has 100 valence electrons. The predicted molar refractivity (Wildman–Crippen MR) is 79.4 cm³/mol. The lowest BCUT2D eigenvalue weighted by atomic mass is 9.86. The second kappa shape index (κ2) is 6.24. The van der Waals surface area contributed by atoms with Gasteiger partial charge < -0.3 is 10.6 Å². The van der Waals surface area contributed by atoms with E-state index in [0.717, 1.165) is 25.4 Å². The van der Waals surface area contributed by atoms with Crippen molar-refractivity contribution in [3.05, 3.63) is 29.3 Å². The van der Waals surface area contributed by atoms with Gasteiger partial charge in [0.2, 0.25) is 0 Å². The molecular formula is C16H26N2. The molecule has 2 N–H and O–H groups in total. The molecule has 0 amide bonds. The third kappa shape index (κ3) is 3.26. The van der Waals surface area contributed by atoms with Crippen molar-refractivity contribution in [1.29, 1.82) is 0 Å². The first-order chi connectivity index (χ1) is 8.70. The van der Waals surface area contributed by atoms with Crippen molar-refractivity contribution < 1.29 is 0 Å². The number of benzene rings is 1. The van der Waals surface area contributed by atoms with Crippen molar-refractivity contribution >= 4 is 5.69 Å². The molecule has 1 heterocycles. The van der Waals surface area contributed by atoms with Crippen molar-refractivity contribution in [2.24, 2.45) is 0 Å². The highest BCUT2D eigenvalue weighted by molar-refractivity contribution is 5.50. The predicted octanol–water partition coefficient (Wildman–Crippen LogP) is 3.54. The summed E-state index contributed by atoms with van der Waals surface area (Å²) in [7, 11) is 0. The van der Waals surface area contributed by atoms with E-state index in [9.17, 15) is 0 Å². The molecule has 1 saturated heterocycles. The lowest BCUT2D eigenvalue weighted by Crippen LogP contribution is -2.27. The van der Waals surface area contributed by atoms with Gasteiger partial charge in [-0.1, -0.05) is 13.0 Å². The van der Waals surface area contributed by atoms with Gasteiger partial charge in [-0.25, -0.2) is 0 Å². The van der Waals surface area contributed by atoms with Crippen LogP contribution in [0, 0.1) is 0 Å². The van der Waals surface area contributed by atoms with Crippen LogP contribution in [0.25, 0.3) is 0 Å². The SMILES string of the molecule is CCc1ccc(NC(C)C)cc1C1CCNCC1. The third-order valence-electron chi connectivity index (χ3n) is 3.76. The monoisotopic (exact) mass is 246 g/mol. The second-order valence-electron chi connectivity index (χ2n) is 5.59. The van der Waals surface area contributed by atoms with Crippen LogP contribution in [0.3, 0.4) is 0 Å². The van der Waals surface area contributed by atoms with Crippen LogP contribution in [0.4, 0.5) is 5.69 Å². The number of rotatable bonds is 4. The smallest absolute Gasteiger partial charge is 0.0345 e. The first-order valence-corrected chi connectivity index (χ1v) is 7.30. The number of hydrogen-bond acceptors (Lipinski definition) is 2. The zero-order chi connectivity index (χ0) is 13.0. The third-order valence-corrected chi connectivity index (χ3v) is 3.76. The molecule has 2 nitrogen and oxygen atoms in total. The van der Waals surface area contributed by atoms with Crippen LogP contribution in [0.2, 0.25) is 0 Å². The van der Waals surface area contributed by atoms with Gasteiger partial charge in [0.15, 0.2) is 0 Å².